The normalized spacial score (nSPS) is 22.2. The van der Waals surface area contributed by atoms with E-state index in [4.69, 9.17) is 16.3 Å². The van der Waals surface area contributed by atoms with E-state index < -0.39 is 17.2 Å². The lowest BCUT2D eigenvalue weighted by molar-refractivity contribution is -0.123. The van der Waals surface area contributed by atoms with Gasteiger partial charge in [-0.2, -0.15) is 0 Å². The molecule has 0 aromatic heterocycles. The predicted octanol–water partition coefficient (Wildman–Crippen LogP) is 3.81. The van der Waals surface area contributed by atoms with E-state index in [1.165, 1.54) is 0 Å². The molecule has 1 amide bonds. The van der Waals surface area contributed by atoms with Crippen molar-refractivity contribution in [1.29, 1.82) is 0 Å². The summed E-state index contributed by atoms with van der Waals surface area (Å²) < 4.78 is 5.29. The van der Waals surface area contributed by atoms with Crippen molar-refractivity contribution >= 4 is 23.5 Å². The number of carbonyl (C=O) groups excluding carboxylic acids is 2. The van der Waals surface area contributed by atoms with Crippen molar-refractivity contribution in [3.63, 3.8) is 0 Å². The van der Waals surface area contributed by atoms with Crippen LogP contribution in [0.4, 0.5) is 4.79 Å². The second-order valence-electron chi connectivity index (χ2n) is 6.29. The SMILES string of the molecule is CC(C)(C)OC(=O)NC1(c2ccccc2Cl)CCCC1=O. The van der Waals surface area contributed by atoms with Crippen LogP contribution < -0.4 is 5.32 Å². The van der Waals surface area contributed by atoms with Crippen LogP contribution in [-0.4, -0.2) is 17.5 Å². The number of nitrogens with one attached hydrogen (secondary N) is 1. The molecule has 1 aliphatic carbocycles. The van der Waals surface area contributed by atoms with Crippen LogP contribution in [0.2, 0.25) is 5.02 Å². The van der Waals surface area contributed by atoms with Gasteiger partial charge in [0, 0.05) is 17.0 Å². The van der Waals surface area contributed by atoms with Crippen molar-refractivity contribution in [3.05, 3.63) is 34.9 Å². The molecule has 1 saturated carbocycles. The monoisotopic (exact) mass is 309 g/mol. The van der Waals surface area contributed by atoms with Gasteiger partial charge in [0.05, 0.1) is 0 Å². The number of halogens is 1. The summed E-state index contributed by atoms with van der Waals surface area (Å²) in [6.45, 7) is 5.35. The number of hydrogen-bond acceptors (Lipinski definition) is 3. The fourth-order valence-electron chi connectivity index (χ4n) is 2.64. The summed E-state index contributed by atoms with van der Waals surface area (Å²) in [4.78, 5) is 24.5. The molecule has 1 aliphatic rings. The number of Topliss-reactive ketones (excluding diaryl/α,β-unsaturated/α-hetero) is 1. The van der Waals surface area contributed by atoms with Gasteiger partial charge in [-0.3, -0.25) is 4.79 Å². The Kier molecular flexibility index (Phi) is 4.28. The van der Waals surface area contributed by atoms with Crippen LogP contribution in [0, 0.1) is 0 Å². The average molecular weight is 310 g/mol. The zero-order chi connectivity index (χ0) is 15.7. The largest absolute Gasteiger partial charge is 0.444 e. The maximum absolute atomic E-state index is 12.4. The van der Waals surface area contributed by atoms with Crippen LogP contribution >= 0.6 is 11.6 Å². The first-order valence-corrected chi connectivity index (χ1v) is 7.42. The first-order valence-electron chi connectivity index (χ1n) is 7.04. The molecule has 1 atom stereocenters. The zero-order valence-electron chi connectivity index (χ0n) is 12.5. The molecule has 0 spiro atoms. The van der Waals surface area contributed by atoms with Gasteiger partial charge in [-0.25, -0.2) is 4.79 Å². The Morgan fingerprint density at radius 2 is 2.00 bits per heavy atom. The molecule has 4 nitrogen and oxygen atoms in total. The number of alkyl carbamates (subject to hydrolysis) is 1. The standard InChI is InChI=1S/C16H20ClNO3/c1-15(2,3)21-14(20)18-16(10-6-9-13(16)19)11-7-4-5-8-12(11)17/h4-5,7-8H,6,9-10H2,1-3H3,(H,18,20). The minimum atomic E-state index is -1.07. The van der Waals surface area contributed by atoms with E-state index in [0.717, 1.165) is 6.42 Å². The first kappa shape index (κ1) is 15.8. The van der Waals surface area contributed by atoms with Gasteiger partial charge in [0.15, 0.2) is 5.78 Å². The summed E-state index contributed by atoms with van der Waals surface area (Å²) in [6, 6.07) is 7.11. The van der Waals surface area contributed by atoms with E-state index in [2.05, 4.69) is 5.32 Å². The number of ether oxygens (including phenoxy) is 1. The minimum absolute atomic E-state index is 0.0264. The zero-order valence-corrected chi connectivity index (χ0v) is 13.3. The van der Waals surface area contributed by atoms with Crippen molar-refractivity contribution in [2.45, 2.75) is 51.2 Å². The molecular weight excluding hydrogens is 290 g/mol. The lowest BCUT2D eigenvalue weighted by atomic mass is 9.87. The number of rotatable bonds is 2. The van der Waals surface area contributed by atoms with Crippen LogP contribution in [0.5, 0.6) is 0 Å². The quantitative estimate of drug-likeness (QED) is 0.903. The lowest BCUT2D eigenvalue weighted by Gasteiger charge is -2.31. The molecule has 1 N–H and O–H groups in total. The van der Waals surface area contributed by atoms with Gasteiger partial charge in [0.25, 0.3) is 0 Å². The number of carbonyl (C=O) groups is 2. The third-order valence-electron chi connectivity index (χ3n) is 3.48. The van der Waals surface area contributed by atoms with Gasteiger partial charge < -0.3 is 10.1 Å². The van der Waals surface area contributed by atoms with E-state index in [9.17, 15) is 9.59 Å². The van der Waals surface area contributed by atoms with Crippen LogP contribution in [-0.2, 0) is 15.1 Å². The van der Waals surface area contributed by atoms with E-state index in [-0.39, 0.29) is 5.78 Å². The molecule has 5 heteroatoms. The van der Waals surface area contributed by atoms with Crippen LogP contribution in [0.25, 0.3) is 0 Å². The second-order valence-corrected chi connectivity index (χ2v) is 6.70. The molecule has 1 aromatic carbocycles. The number of ketones is 1. The molecule has 0 heterocycles. The Bertz CT molecular complexity index is 565. The molecule has 0 bridgehead atoms. The molecule has 0 radical (unpaired) electrons. The smallest absolute Gasteiger partial charge is 0.408 e. The van der Waals surface area contributed by atoms with Crippen molar-refractivity contribution in [1.82, 2.24) is 5.32 Å². The number of amides is 1. The summed E-state index contributed by atoms with van der Waals surface area (Å²) in [7, 11) is 0. The highest BCUT2D eigenvalue weighted by Gasteiger charge is 2.46. The molecule has 1 aromatic rings. The lowest BCUT2D eigenvalue weighted by Crippen LogP contribution is -2.50. The average Bonchev–Trinajstić information content (AvgIpc) is 2.69. The highest BCUT2D eigenvalue weighted by Crippen LogP contribution is 2.39. The van der Waals surface area contributed by atoms with E-state index >= 15 is 0 Å². The Morgan fingerprint density at radius 1 is 1.33 bits per heavy atom. The summed E-state index contributed by atoms with van der Waals surface area (Å²) in [5, 5.41) is 3.24. The number of benzene rings is 1. The summed E-state index contributed by atoms with van der Waals surface area (Å²) in [5.74, 6) is -0.0264. The van der Waals surface area contributed by atoms with Crippen molar-refractivity contribution in [2.75, 3.05) is 0 Å². The summed E-state index contributed by atoms with van der Waals surface area (Å²) in [5.41, 5.74) is -1.05. The van der Waals surface area contributed by atoms with E-state index in [1.807, 2.05) is 6.07 Å². The van der Waals surface area contributed by atoms with E-state index in [0.29, 0.717) is 23.4 Å². The Balaban J connectivity index is 2.34. The molecule has 2 rings (SSSR count). The fourth-order valence-corrected chi connectivity index (χ4v) is 2.93. The molecule has 0 aliphatic heterocycles. The van der Waals surface area contributed by atoms with Gasteiger partial charge >= 0.3 is 6.09 Å². The predicted molar refractivity (Wildman–Crippen MR) is 81.4 cm³/mol. The highest BCUT2D eigenvalue weighted by molar-refractivity contribution is 6.31. The van der Waals surface area contributed by atoms with E-state index in [1.54, 1.807) is 39.0 Å². The molecule has 1 fully saturated rings. The van der Waals surface area contributed by atoms with Crippen LogP contribution in [0.3, 0.4) is 0 Å². The maximum atomic E-state index is 12.4. The molecule has 0 saturated heterocycles. The maximum Gasteiger partial charge on any atom is 0.408 e. The molecule has 1 unspecified atom stereocenters. The van der Waals surface area contributed by atoms with Crippen molar-refractivity contribution < 1.29 is 14.3 Å². The van der Waals surface area contributed by atoms with Gasteiger partial charge in [0.1, 0.15) is 11.1 Å². The highest BCUT2D eigenvalue weighted by atomic mass is 35.5. The van der Waals surface area contributed by atoms with Crippen LogP contribution in [0.15, 0.2) is 24.3 Å². The van der Waals surface area contributed by atoms with Gasteiger partial charge in [-0.1, -0.05) is 29.8 Å². The van der Waals surface area contributed by atoms with Gasteiger partial charge in [0.2, 0.25) is 0 Å². The van der Waals surface area contributed by atoms with Crippen LogP contribution in [0.1, 0.15) is 45.6 Å². The number of hydrogen-bond donors (Lipinski definition) is 1. The summed E-state index contributed by atoms with van der Waals surface area (Å²) in [6.07, 6.45) is 1.09. The first-order chi connectivity index (χ1) is 9.74. The van der Waals surface area contributed by atoms with Gasteiger partial charge in [-0.15, -0.1) is 0 Å². The molecule has 21 heavy (non-hydrogen) atoms. The minimum Gasteiger partial charge on any atom is -0.444 e. The second kappa shape index (κ2) is 5.68. The molecule has 114 valence electrons. The Morgan fingerprint density at radius 3 is 2.52 bits per heavy atom. The molecular formula is C16H20ClNO3. The summed E-state index contributed by atoms with van der Waals surface area (Å²) >= 11 is 6.23. The third-order valence-corrected chi connectivity index (χ3v) is 3.81. The topological polar surface area (TPSA) is 55.4 Å². The Labute approximate surface area is 129 Å². The third kappa shape index (κ3) is 3.38. The fraction of sp³-hybridized carbons (Fsp3) is 0.500. The van der Waals surface area contributed by atoms with Gasteiger partial charge in [-0.05, 0) is 39.7 Å². The van der Waals surface area contributed by atoms with Crippen molar-refractivity contribution in [3.8, 4) is 0 Å². The Hall–Kier alpha value is -1.55. The van der Waals surface area contributed by atoms with Crippen molar-refractivity contribution in [2.24, 2.45) is 0 Å².